The highest BCUT2D eigenvalue weighted by molar-refractivity contribution is 5.88. The first kappa shape index (κ1) is 22.5. The van der Waals surface area contributed by atoms with Crippen LogP contribution < -0.4 is 10.6 Å². The zero-order valence-corrected chi connectivity index (χ0v) is 18.3. The van der Waals surface area contributed by atoms with Gasteiger partial charge in [0, 0.05) is 32.5 Å². The lowest BCUT2D eigenvalue weighted by molar-refractivity contribution is -0.142. The van der Waals surface area contributed by atoms with Crippen molar-refractivity contribution in [3.05, 3.63) is 71.3 Å². The van der Waals surface area contributed by atoms with Crippen molar-refractivity contribution >= 4 is 17.7 Å². The zero-order valence-electron chi connectivity index (χ0n) is 18.3. The maximum absolute atomic E-state index is 12.9. The summed E-state index contributed by atoms with van der Waals surface area (Å²) in [7, 11) is 0. The van der Waals surface area contributed by atoms with Crippen molar-refractivity contribution in [2.45, 2.75) is 45.7 Å². The maximum atomic E-state index is 12.9. The number of carbonyl (C=O) groups excluding carboxylic acids is 3. The molecular formula is C25H31N3O3. The molecule has 0 bridgehead atoms. The Morgan fingerprint density at radius 2 is 1.58 bits per heavy atom. The van der Waals surface area contributed by atoms with Gasteiger partial charge in [-0.1, -0.05) is 68.4 Å². The highest BCUT2D eigenvalue weighted by Gasteiger charge is 2.34. The Hall–Kier alpha value is -3.15. The van der Waals surface area contributed by atoms with E-state index in [4.69, 9.17) is 0 Å². The predicted molar refractivity (Wildman–Crippen MR) is 120 cm³/mol. The molecule has 0 saturated carbocycles. The van der Waals surface area contributed by atoms with Crippen molar-refractivity contribution in [3.63, 3.8) is 0 Å². The first-order valence-corrected chi connectivity index (χ1v) is 10.9. The van der Waals surface area contributed by atoms with Gasteiger partial charge in [-0.15, -0.1) is 0 Å². The second kappa shape index (κ2) is 10.8. The Labute approximate surface area is 184 Å². The van der Waals surface area contributed by atoms with Crippen LogP contribution in [0.25, 0.3) is 0 Å². The highest BCUT2D eigenvalue weighted by Crippen LogP contribution is 2.25. The standard InChI is InChI=1S/C25H31N3O3/c1-18(2)14-24(30)28-17-21-11-7-6-10-20(21)16-22(28)25(31)27-13-12-26-23(29)15-19-8-4-3-5-9-19/h3-11,18,22H,12-17H2,1-2H3,(H,26,29)(H,27,31). The highest BCUT2D eigenvalue weighted by atomic mass is 16.2. The van der Waals surface area contributed by atoms with Gasteiger partial charge in [-0.2, -0.15) is 0 Å². The van der Waals surface area contributed by atoms with Gasteiger partial charge in [-0.3, -0.25) is 14.4 Å². The molecule has 1 aliphatic rings. The molecular weight excluding hydrogens is 390 g/mol. The van der Waals surface area contributed by atoms with Gasteiger partial charge in [0.15, 0.2) is 0 Å². The van der Waals surface area contributed by atoms with Gasteiger partial charge in [-0.05, 0) is 22.6 Å². The molecule has 1 atom stereocenters. The molecule has 3 rings (SSSR count). The van der Waals surface area contributed by atoms with Crippen LogP contribution in [0.5, 0.6) is 0 Å². The molecule has 31 heavy (non-hydrogen) atoms. The zero-order chi connectivity index (χ0) is 22.2. The first-order valence-electron chi connectivity index (χ1n) is 10.9. The maximum Gasteiger partial charge on any atom is 0.243 e. The largest absolute Gasteiger partial charge is 0.354 e. The fourth-order valence-electron chi connectivity index (χ4n) is 3.84. The van der Waals surface area contributed by atoms with E-state index in [1.165, 1.54) is 0 Å². The number of carbonyl (C=O) groups is 3. The molecule has 1 unspecified atom stereocenters. The molecule has 0 saturated heterocycles. The van der Waals surface area contributed by atoms with E-state index in [1.807, 2.05) is 68.4 Å². The van der Waals surface area contributed by atoms with Crippen LogP contribution in [0.4, 0.5) is 0 Å². The quantitative estimate of drug-likeness (QED) is 0.643. The van der Waals surface area contributed by atoms with E-state index in [-0.39, 0.29) is 23.6 Å². The van der Waals surface area contributed by atoms with E-state index < -0.39 is 6.04 Å². The molecule has 1 heterocycles. The van der Waals surface area contributed by atoms with Crippen molar-refractivity contribution in [2.75, 3.05) is 13.1 Å². The van der Waals surface area contributed by atoms with Crippen LogP contribution in [0.15, 0.2) is 54.6 Å². The summed E-state index contributed by atoms with van der Waals surface area (Å²) in [6.45, 7) is 5.13. The van der Waals surface area contributed by atoms with Crippen molar-refractivity contribution < 1.29 is 14.4 Å². The minimum atomic E-state index is -0.527. The topological polar surface area (TPSA) is 78.5 Å². The Kier molecular flexibility index (Phi) is 7.82. The van der Waals surface area contributed by atoms with E-state index in [2.05, 4.69) is 10.6 Å². The second-order valence-corrected chi connectivity index (χ2v) is 8.41. The molecule has 164 valence electrons. The normalized spacial score (nSPS) is 15.3. The fourth-order valence-corrected chi connectivity index (χ4v) is 3.84. The van der Waals surface area contributed by atoms with Gasteiger partial charge in [0.25, 0.3) is 0 Å². The van der Waals surface area contributed by atoms with Crippen molar-refractivity contribution in [2.24, 2.45) is 5.92 Å². The molecule has 2 N–H and O–H groups in total. The summed E-state index contributed by atoms with van der Waals surface area (Å²) >= 11 is 0. The van der Waals surface area contributed by atoms with E-state index in [1.54, 1.807) is 4.90 Å². The van der Waals surface area contributed by atoms with Gasteiger partial charge in [0.2, 0.25) is 17.7 Å². The summed E-state index contributed by atoms with van der Waals surface area (Å²) in [4.78, 5) is 39.5. The van der Waals surface area contributed by atoms with Crippen LogP contribution in [-0.2, 0) is 33.8 Å². The molecule has 0 radical (unpaired) electrons. The minimum Gasteiger partial charge on any atom is -0.354 e. The SMILES string of the molecule is CC(C)CC(=O)N1Cc2ccccc2CC1C(=O)NCCNC(=O)Cc1ccccc1. The molecule has 1 aliphatic heterocycles. The minimum absolute atomic E-state index is 0.000756. The number of fused-ring (bicyclic) bond motifs is 1. The number of nitrogens with one attached hydrogen (secondary N) is 2. The average molecular weight is 422 g/mol. The van der Waals surface area contributed by atoms with Crippen molar-refractivity contribution in [3.8, 4) is 0 Å². The molecule has 0 aromatic heterocycles. The summed E-state index contributed by atoms with van der Waals surface area (Å²) in [5.41, 5.74) is 3.15. The summed E-state index contributed by atoms with van der Waals surface area (Å²) in [6, 6.07) is 17.0. The van der Waals surface area contributed by atoms with E-state index in [9.17, 15) is 14.4 Å². The van der Waals surface area contributed by atoms with Gasteiger partial charge in [0.1, 0.15) is 6.04 Å². The lowest BCUT2D eigenvalue weighted by Gasteiger charge is -2.36. The number of hydrogen-bond donors (Lipinski definition) is 2. The van der Waals surface area contributed by atoms with E-state index in [0.29, 0.717) is 38.9 Å². The Balaban J connectivity index is 1.54. The van der Waals surface area contributed by atoms with Crippen LogP contribution in [-0.4, -0.2) is 41.8 Å². The third-order valence-corrected chi connectivity index (χ3v) is 5.41. The number of nitrogens with zero attached hydrogens (tertiary/aromatic N) is 1. The average Bonchev–Trinajstić information content (AvgIpc) is 2.76. The van der Waals surface area contributed by atoms with Gasteiger partial charge >= 0.3 is 0 Å². The van der Waals surface area contributed by atoms with E-state index in [0.717, 1.165) is 16.7 Å². The molecule has 2 aromatic carbocycles. The molecule has 6 heteroatoms. The van der Waals surface area contributed by atoms with Crippen LogP contribution in [0.3, 0.4) is 0 Å². The Morgan fingerprint density at radius 1 is 0.935 bits per heavy atom. The smallest absolute Gasteiger partial charge is 0.243 e. The number of hydrogen-bond acceptors (Lipinski definition) is 3. The second-order valence-electron chi connectivity index (χ2n) is 8.41. The van der Waals surface area contributed by atoms with Crippen LogP contribution >= 0.6 is 0 Å². The summed E-state index contributed by atoms with van der Waals surface area (Å²) in [5.74, 6) is -0.0290. The lowest BCUT2D eigenvalue weighted by Crippen LogP contribution is -2.53. The monoisotopic (exact) mass is 421 g/mol. The van der Waals surface area contributed by atoms with Crippen LogP contribution in [0.1, 0.15) is 37.0 Å². The third kappa shape index (κ3) is 6.41. The molecule has 0 fully saturated rings. The van der Waals surface area contributed by atoms with Crippen LogP contribution in [0, 0.1) is 5.92 Å². The Morgan fingerprint density at radius 3 is 2.29 bits per heavy atom. The lowest BCUT2D eigenvalue weighted by atomic mass is 9.92. The van der Waals surface area contributed by atoms with Gasteiger partial charge in [0.05, 0.1) is 6.42 Å². The van der Waals surface area contributed by atoms with Crippen molar-refractivity contribution in [1.82, 2.24) is 15.5 Å². The molecule has 0 spiro atoms. The first-order chi connectivity index (χ1) is 14.9. The predicted octanol–water partition coefficient (Wildman–Crippen LogP) is 2.46. The number of benzene rings is 2. The molecule has 6 nitrogen and oxygen atoms in total. The molecule has 2 aromatic rings. The van der Waals surface area contributed by atoms with Crippen molar-refractivity contribution in [1.29, 1.82) is 0 Å². The van der Waals surface area contributed by atoms with Gasteiger partial charge in [-0.25, -0.2) is 0 Å². The number of rotatable bonds is 8. The fraction of sp³-hybridized carbons (Fsp3) is 0.400. The Bertz CT molecular complexity index is 911. The molecule has 3 amide bonds. The summed E-state index contributed by atoms with van der Waals surface area (Å²) < 4.78 is 0. The van der Waals surface area contributed by atoms with E-state index >= 15 is 0 Å². The molecule has 0 aliphatic carbocycles. The third-order valence-electron chi connectivity index (χ3n) is 5.41. The van der Waals surface area contributed by atoms with Crippen LogP contribution in [0.2, 0.25) is 0 Å². The number of amides is 3. The summed E-state index contributed by atoms with van der Waals surface area (Å²) in [6.07, 6.45) is 1.24. The van der Waals surface area contributed by atoms with Gasteiger partial charge < -0.3 is 15.5 Å². The summed E-state index contributed by atoms with van der Waals surface area (Å²) in [5, 5.41) is 5.72.